The van der Waals surface area contributed by atoms with Crippen molar-refractivity contribution in [3.8, 4) is 0 Å². The number of aliphatic hydroxyl groups is 1. The van der Waals surface area contributed by atoms with Crippen LogP contribution < -0.4 is 0 Å². The molecule has 146 valence electrons. The Kier molecular flexibility index (Phi) is 8.52. The number of ether oxygens (including phenoxy) is 3. The van der Waals surface area contributed by atoms with E-state index in [9.17, 15) is 0 Å². The van der Waals surface area contributed by atoms with Crippen molar-refractivity contribution in [1.82, 2.24) is 4.98 Å². The molecule has 7 nitrogen and oxygen atoms in total. The Balaban J connectivity index is 1.50. The third-order valence-electron chi connectivity index (χ3n) is 4.59. The molecule has 2 fully saturated rings. The summed E-state index contributed by atoms with van der Waals surface area (Å²) in [4.78, 5) is 4.17. The molecule has 0 radical (unpaired) electrons. The average molecular weight is 412 g/mol. The van der Waals surface area contributed by atoms with Gasteiger partial charge in [-0.05, 0) is 0 Å². The summed E-state index contributed by atoms with van der Waals surface area (Å²) in [6.07, 6.45) is 5.20. The van der Waals surface area contributed by atoms with Crippen LogP contribution in [0.2, 0.25) is 0 Å². The standard InChI is InChI=1S/C17H24BNO6PS/c1-11-6-12(3-5-23-18-26-27)24-14(7-11)8-13-2-4-21-17(25-13)15-10-22-16(9-20)19-15/h10,12-14,17,20H,1-9H2/q+1/t12-,13-,14+,17-/m0/s1. The van der Waals surface area contributed by atoms with Crippen LogP contribution in [0.25, 0.3) is 0 Å². The molecule has 3 heterocycles. The van der Waals surface area contributed by atoms with E-state index in [0.29, 0.717) is 25.8 Å². The third kappa shape index (κ3) is 6.49. The fraction of sp³-hybridized carbons (Fsp3) is 0.706. The van der Waals surface area contributed by atoms with E-state index in [1.807, 2.05) is 0 Å². The summed E-state index contributed by atoms with van der Waals surface area (Å²) in [5.74, 6) is 0.254. The fourth-order valence-electron chi connectivity index (χ4n) is 3.40. The molecule has 0 amide bonds. The van der Waals surface area contributed by atoms with Gasteiger partial charge < -0.3 is 9.52 Å². The zero-order chi connectivity index (χ0) is 19.1. The molecule has 1 N–H and O–H groups in total. The Morgan fingerprint density at radius 2 is 2.19 bits per heavy atom. The van der Waals surface area contributed by atoms with Gasteiger partial charge in [0.2, 0.25) is 5.89 Å². The zero-order valence-corrected chi connectivity index (χ0v) is 16.8. The van der Waals surface area contributed by atoms with Gasteiger partial charge in [0.05, 0.1) is 0 Å². The van der Waals surface area contributed by atoms with Gasteiger partial charge in [-0.3, -0.25) is 0 Å². The summed E-state index contributed by atoms with van der Waals surface area (Å²) in [5, 5.41) is 9.08. The van der Waals surface area contributed by atoms with Gasteiger partial charge in [-0.15, -0.1) is 0 Å². The van der Waals surface area contributed by atoms with E-state index in [1.165, 1.54) is 11.8 Å². The van der Waals surface area contributed by atoms with E-state index in [0.717, 1.165) is 32.1 Å². The molecule has 1 aromatic heterocycles. The third-order valence-corrected chi connectivity index (χ3v) is 5.08. The second-order valence-electron chi connectivity index (χ2n) is 6.72. The number of aliphatic hydroxyl groups excluding tert-OH is 1. The van der Waals surface area contributed by atoms with Crippen LogP contribution in [-0.2, 0) is 37.3 Å². The summed E-state index contributed by atoms with van der Waals surface area (Å²) < 4.78 is 28.4. The van der Waals surface area contributed by atoms with Crippen LogP contribution in [-0.4, -0.2) is 48.4 Å². The van der Waals surface area contributed by atoms with Crippen molar-refractivity contribution in [2.45, 2.75) is 63.3 Å². The van der Waals surface area contributed by atoms with Crippen molar-refractivity contribution in [1.29, 1.82) is 0 Å². The second kappa shape index (κ2) is 10.9. The van der Waals surface area contributed by atoms with Gasteiger partial charge in [0.1, 0.15) is 6.61 Å². The van der Waals surface area contributed by atoms with Crippen LogP contribution in [0.1, 0.15) is 50.0 Å². The van der Waals surface area contributed by atoms with Gasteiger partial charge in [0.15, 0.2) is 0 Å². The van der Waals surface area contributed by atoms with E-state index < -0.39 is 6.29 Å². The molecule has 2 aliphatic rings. The molecule has 2 aliphatic heterocycles. The van der Waals surface area contributed by atoms with Crippen LogP contribution in [0.3, 0.4) is 0 Å². The Labute approximate surface area is 165 Å². The fourth-order valence-corrected chi connectivity index (χ4v) is 3.75. The molecule has 10 heteroatoms. The first-order valence-electron chi connectivity index (χ1n) is 9.08. The summed E-state index contributed by atoms with van der Waals surface area (Å²) >= 11 is 4.80. The van der Waals surface area contributed by atoms with Crippen LogP contribution in [0.15, 0.2) is 22.8 Å². The number of nitrogens with zero attached hydrogens (tertiary/aromatic N) is 1. The van der Waals surface area contributed by atoms with Crippen molar-refractivity contribution in [2.24, 2.45) is 0 Å². The molecule has 0 aliphatic carbocycles. The predicted octanol–water partition coefficient (Wildman–Crippen LogP) is 2.81. The SMILES string of the molecule is C=C1C[C@H](C[C@@H]2CCO[C@H](c3coc(CO)n3)O2)O[C@@H](CCOB=[P+]=S)C1. The number of hydrogen-bond acceptors (Lipinski definition) is 8. The molecule has 4 atom stereocenters. The summed E-state index contributed by atoms with van der Waals surface area (Å²) in [6.45, 7) is 7.43. The van der Waals surface area contributed by atoms with E-state index in [2.05, 4.69) is 11.6 Å². The Morgan fingerprint density at radius 1 is 1.33 bits per heavy atom. The van der Waals surface area contributed by atoms with E-state index >= 15 is 0 Å². The molecule has 27 heavy (non-hydrogen) atoms. The molecular weight excluding hydrogens is 388 g/mol. The van der Waals surface area contributed by atoms with Crippen LogP contribution in [0.4, 0.5) is 0 Å². The molecule has 2 saturated heterocycles. The Morgan fingerprint density at radius 3 is 2.96 bits per heavy atom. The van der Waals surface area contributed by atoms with Gasteiger partial charge in [-0.25, -0.2) is 0 Å². The number of aromatic nitrogens is 1. The van der Waals surface area contributed by atoms with E-state index in [4.69, 9.17) is 40.2 Å². The van der Waals surface area contributed by atoms with Crippen LogP contribution in [0, 0.1) is 0 Å². The molecule has 0 aromatic carbocycles. The van der Waals surface area contributed by atoms with Gasteiger partial charge in [0.25, 0.3) is 0 Å². The molecule has 0 bridgehead atoms. The normalized spacial score (nSPS) is 28.7. The van der Waals surface area contributed by atoms with E-state index in [1.54, 1.807) is 6.82 Å². The van der Waals surface area contributed by atoms with Crippen molar-refractivity contribution in [3.05, 3.63) is 30.0 Å². The number of hydrogen-bond donors (Lipinski definition) is 1. The van der Waals surface area contributed by atoms with Gasteiger partial charge in [-0.1, -0.05) is 0 Å². The van der Waals surface area contributed by atoms with Gasteiger partial charge in [0, 0.05) is 0 Å². The maximum atomic E-state index is 9.08. The first-order chi connectivity index (χ1) is 13.2. The van der Waals surface area contributed by atoms with Crippen molar-refractivity contribution < 1.29 is 28.4 Å². The summed E-state index contributed by atoms with van der Waals surface area (Å²) in [5.41, 5.74) is 1.75. The molecule has 3 rings (SSSR count). The Bertz CT molecular complexity index is 682. The first-order valence-corrected chi connectivity index (χ1v) is 11.1. The molecule has 0 spiro atoms. The minimum absolute atomic E-state index is 0.0122. The van der Waals surface area contributed by atoms with Crippen molar-refractivity contribution in [3.63, 3.8) is 0 Å². The summed E-state index contributed by atoms with van der Waals surface area (Å²) in [7, 11) is 0. The average Bonchev–Trinajstić information content (AvgIpc) is 3.14. The predicted molar refractivity (Wildman–Crippen MR) is 103 cm³/mol. The molecule has 0 saturated carbocycles. The van der Waals surface area contributed by atoms with Gasteiger partial charge in [-0.2, -0.15) is 0 Å². The first kappa shape index (κ1) is 21.2. The van der Waals surface area contributed by atoms with Crippen molar-refractivity contribution >= 4 is 25.5 Å². The quantitative estimate of drug-likeness (QED) is 0.302. The van der Waals surface area contributed by atoms with Crippen LogP contribution >= 0.6 is 6.85 Å². The van der Waals surface area contributed by atoms with Gasteiger partial charge >= 0.3 is 143 Å². The zero-order valence-electron chi connectivity index (χ0n) is 15.1. The summed E-state index contributed by atoms with van der Waals surface area (Å²) in [6, 6.07) is 0. The second-order valence-corrected chi connectivity index (χ2v) is 7.77. The maximum absolute atomic E-state index is 9.08. The molecule has 0 unspecified atom stereocenters. The number of oxazole rings is 1. The van der Waals surface area contributed by atoms with Crippen molar-refractivity contribution in [2.75, 3.05) is 13.2 Å². The number of rotatable bonds is 8. The van der Waals surface area contributed by atoms with E-state index in [-0.39, 0.29) is 30.8 Å². The molecular formula is C17H24BNO6PS+. The monoisotopic (exact) mass is 412 g/mol. The Hall–Kier alpha value is -0.535. The minimum atomic E-state index is -0.572. The van der Waals surface area contributed by atoms with Crippen LogP contribution in [0.5, 0.6) is 0 Å². The molecule has 1 aromatic rings. The topological polar surface area (TPSA) is 83.2 Å².